The molecule has 5 nitrogen and oxygen atoms in total. The van der Waals surface area contributed by atoms with Crippen LogP contribution in [0.4, 0.5) is 0 Å². The maximum atomic E-state index is 6.21. The zero-order valence-electron chi connectivity index (χ0n) is 14.0. The number of hydrogen-bond acceptors (Lipinski definition) is 5. The number of aromatic nitrogens is 3. The van der Waals surface area contributed by atoms with Crippen LogP contribution in [0.5, 0.6) is 5.75 Å². The fourth-order valence-corrected chi connectivity index (χ4v) is 3.41. The zero-order chi connectivity index (χ0) is 17.1. The number of aryl methyl sites for hydroxylation is 2. The second-order valence-corrected chi connectivity index (χ2v) is 6.54. The molecule has 24 heavy (non-hydrogen) atoms. The van der Waals surface area contributed by atoms with E-state index in [0.29, 0.717) is 11.0 Å². The van der Waals surface area contributed by atoms with E-state index in [-0.39, 0.29) is 0 Å². The quantitative estimate of drug-likeness (QED) is 0.568. The lowest BCUT2D eigenvalue weighted by Crippen LogP contribution is -2.12. The van der Waals surface area contributed by atoms with Crippen LogP contribution in [0.2, 0.25) is 0 Å². The van der Waals surface area contributed by atoms with Gasteiger partial charge in [0.05, 0.1) is 12.7 Å². The number of nitrogens with two attached hydrogens (primary N) is 1. The highest BCUT2D eigenvalue weighted by molar-refractivity contribution is 7.98. The lowest BCUT2D eigenvalue weighted by molar-refractivity contribution is 0.416. The van der Waals surface area contributed by atoms with E-state index in [1.165, 1.54) is 21.4 Å². The molecule has 0 aliphatic carbocycles. The molecule has 0 spiro atoms. The Labute approximate surface area is 145 Å². The van der Waals surface area contributed by atoms with Gasteiger partial charge in [0.25, 0.3) is 0 Å². The van der Waals surface area contributed by atoms with Gasteiger partial charge in [-0.1, -0.05) is 47.7 Å². The van der Waals surface area contributed by atoms with Crippen LogP contribution < -0.4 is 10.6 Å². The number of para-hydroxylation sites is 1. The standard InChI is InChI=1S/C18H20N4OS/c1-12-8-9-13(2)14(10-12)11-24-18-21-20-17(22(18)19)15-6-4-5-7-16(15)23-3/h4-10H,11,19H2,1-3H3. The maximum Gasteiger partial charge on any atom is 0.210 e. The summed E-state index contributed by atoms with van der Waals surface area (Å²) in [5.74, 6) is 8.32. The van der Waals surface area contributed by atoms with Crippen molar-refractivity contribution in [3.63, 3.8) is 0 Å². The smallest absolute Gasteiger partial charge is 0.210 e. The highest BCUT2D eigenvalue weighted by Gasteiger charge is 2.15. The van der Waals surface area contributed by atoms with Gasteiger partial charge in [-0.05, 0) is 37.1 Å². The van der Waals surface area contributed by atoms with Crippen molar-refractivity contribution in [3.05, 3.63) is 59.2 Å². The first-order valence-electron chi connectivity index (χ1n) is 7.63. The minimum atomic E-state index is 0.593. The number of thioether (sulfide) groups is 1. The van der Waals surface area contributed by atoms with Gasteiger partial charge in [-0.3, -0.25) is 0 Å². The highest BCUT2D eigenvalue weighted by Crippen LogP contribution is 2.30. The largest absolute Gasteiger partial charge is 0.496 e. The number of hydrogen-bond donors (Lipinski definition) is 1. The first-order chi connectivity index (χ1) is 11.6. The topological polar surface area (TPSA) is 66.0 Å². The van der Waals surface area contributed by atoms with Crippen molar-refractivity contribution in [2.45, 2.75) is 24.8 Å². The Morgan fingerprint density at radius 3 is 2.71 bits per heavy atom. The lowest BCUT2D eigenvalue weighted by Gasteiger charge is -2.09. The third kappa shape index (κ3) is 3.23. The lowest BCUT2D eigenvalue weighted by atomic mass is 10.1. The summed E-state index contributed by atoms with van der Waals surface area (Å²) >= 11 is 1.58. The van der Waals surface area contributed by atoms with Crippen molar-refractivity contribution in [2.75, 3.05) is 13.0 Å². The summed E-state index contributed by atoms with van der Waals surface area (Å²) in [7, 11) is 1.63. The number of nitrogen functional groups attached to an aromatic ring is 1. The van der Waals surface area contributed by atoms with Crippen LogP contribution in [0, 0.1) is 13.8 Å². The third-order valence-electron chi connectivity index (χ3n) is 3.87. The normalized spacial score (nSPS) is 10.8. The molecular weight excluding hydrogens is 320 g/mol. The van der Waals surface area contributed by atoms with E-state index in [9.17, 15) is 0 Å². The first kappa shape index (κ1) is 16.4. The van der Waals surface area contributed by atoms with Crippen molar-refractivity contribution in [1.82, 2.24) is 14.9 Å². The minimum absolute atomic E-state index is 0.593. The predicted molar refractivity (Wildman–Crippen MR) is 97.6 cm³/mol. The van der Waals surface area contributed by atoms with E-state index in [0.717, 1.165) is 17.1 Å². The molecule has 0 radical (unpaired) electrons. The van der Waals surface area contributed by atoms with Crippen molar-refractivity contribution in [2.24, 2.45) is 0 Å². The molecule has 3 rings (SSSR count). The van der Waals surface area contributed by atoms with Crippen LogP contribution in [0.25, 0.3) is 11.4 Å². The summed E-state index contributed by atoms with van der Waals surface area (Å²) in [5, 5.41) is 9.14. The summed E-state index contributed by atoms with van der Waals surface area (Å²) in [6.07, 6.45) is 0. The maximum absolute atomic E-state index is 6.21. The molecule has 0 fully saturated rings. The van der Waals surface area contributed by atoms with E-state index >= 15 is 0 Å². The molecule has 0 aliphatic rings. The van der Waals surface area contributed by atoms with Crippen LogP contribution in [0.15, 0.2) is 47.6 Å². The van der Waals surface area contributed by atoms with Crippen LogP contribution >= 0.6 is 11.8 Å². The van der Waals surface area contributed by atoms with Gasteiger partial charge < -0.3 is 10.6 Å². The number of ether oxygens (including phenoxy) is 1. The van der Waals surface area contributed by atoms with E-state index in [4.69, 9.17) is 10.6 Å². The Balaban J connectivity index is 1.84. The van der Waals surface area contributed by atoms with Gasteiger partial charge >= 0.3 is 0 Å². The molecule has 0 saturated heterocycles. The first-order valence-corrected chi connectivity index (χ1v) is 8.61. The van der Waals surface area contributed by atoms with Crippen molar-refractivity contribution < 1.29 is 4.74 Å². The molecule has 1 heterocycles. The monoisotopic (exact) mass is 340 g/mol. The van der Waals surface area contributed by atoms with Gasteiger partial charge in [-0.25, -0.2) is 4.68 Å². The van der Waals surface area contributed by atoms with E-state index in [2.05, 4.69) is 42.2 Å². The number of nitrogens with zero attached hydrogens (tertiary/aromatic N) is 3. The molecule has 0 aliphatic heterocycles. The minimum Gasteiger partial charge on any atom is -0.496 e. The van der Waals surface area contributed by atoms with Crippen LogP contribution in [-0.2, 0) is 5.75 Å². The molecule has 0 atom stereocenters. The van der Waals surface area contributed by atoms with E-state index in [1.54, 1.807) is 18.9 Å². The SMILES string of the molecule is COc1ccccc1-c1nnc(SCc2cc(C)ccc2C)n1N. The summed E-state index contributed by atoms with van der Waals surface area (Å²) in [4.78, 5) is 0. The molecule has 0 saturated carbocycles. The number of benzene rings is 2. The van der Waals surface area contributed by atoms with Gasteiger partial charge in [-0.15, -0.1) is 10.2 Å². The highest BCUT2D eigenvalue weighted by atomic mass is 32.2. The molecule has 6 heteroatoms. The Morgan fingerprint density at radius 1 is 1.12 bits per heavy atom. The molecule has 2 N–H and O–H groups in total. The summed E-state index contributed by atoms with van der Waals surface area (Å²) in [5.41, 5.74) is 4.62. The molecule has 1 aromatic heterocycles. The second-order valence-electron chi connectivity index (χ2n) is 5.60. The molecule has 0 unspecified atom stereocenters. The second kappa shape index (κ2) is 6.97. The van der Waals surface area contributed by atoms with Gasteiger partial charge in [0, 0.05) is 5.75 Å². The summed E-state index contributed by atoms with van der Waals surface area (Å²) in [6.45, 7) is 4.21. The fourth-order valence-electron chi connectivity index (χ4n) is 2.49. The van der Waals surface area contributed by atoms with Gasteiger partial charge in [-0.2, -0.15) is 0 Å². The van der Waals surface area contributed by atoms with Crippen LogP contribution in [0.3, 0.4) is 0 Å². The summed E-state index contributed by atoms with van der Waals surface area (Å²) < 4.78 is 6.90. The fraction of sp³-hybridized carbons (Fsp3) is 0.222. The van der Waals surface area contributed by atoms with E-state index < -0.39 is 0 Å². The molecule has 124 valence electrons. The Morgan fingerprint density at radius 2 is 1.92 bits per heavy atom. The molecule has 0 bridgehead atoms. The van der Waals surface area contributed by atoms with Gasteiger partial charge in [0.15, 0.2) is 5.82 Å². The van der Waals surface area contributed by atoms with E-state index in [1.807, 2.05) is 24.3 Å². The predicted octanol–water partition coefficient (Wildman–Crippen LogP) is 3.58. The molecule has 0 amide bonds. The summed E-state index contributed by atoms with van der Waals surface area (Å²) in [6, 6.07) is 14.1. The average Bonchev–Trinajstić information content (AvgIpc) is 2.96. The van der Waals surface area contributed by atoms with Gasteiger partial charge in [0.1, 0.15) is 5.75 Å². The number of methoxy groups -OCH3 is 1. The Kier molecular flexibility index (Phi) is 4.76. The zero-order valence-corrected chi connectivity index (χ0v) is 14.8. The Bertz CT molecular complexity index is 860. The number of rotatable bonds is 5. The molecular formula is C18H20N4OS. The molecule has 2 aromatic carbocycles. The Hall–Kier alpha value is -2.47. The average molecular weight is 340 g/mol. The van der Waals surface area contributed by atoms with Gasteiger partial charge in [0.2, 0.25) is 5.16 Å². The molecule has 3 aromatic rings. The van der Waals surface area contributed by atoms with Crippen molar-refractivity contribution in [1.29, 1.82) is 0 Å². The van der Waals surface area contributed by atoms with Crippen LogP contribution in [-0.4, -0.2) is 22.0 Å². The van der Waals surface area contributed by atoms with Crippen molar-refractivity contribution >= 4 is 11.8 Å². The third-order valence-corrected chi connectivity index (χ3v) is 4.87. The van der Waals surface area contributed by atoms with Crippen molar-refractivity contribution in [3.8, 4) is 17.1 Å². The van der Waals surface area contributed by atoms with Crippen LogP contribution in [0.1, 0.15) is 16.7 Å².